The van der Waals surface area contributed by atoms with Crippen LogP contribution in [0.15, 0.2) is 29.2 Å². The van der Waals surface area contributed by atoms with Crippen molar-refractivity contribution in [2.75, 3.05) is 7.05 Å². The molecule has 0 aliphatic heterocycles. The van der Waals surface area contributed by atoms with Crippen molar-refractivity contribution in [2.24, 2.45) is 0 Å². The molecule has 0 bridgehead atoms. The summed E-state index contributed by atoms with van der Waals surface area (Å²) in [5, 5.41) is 3.10. The second-order valence-corrected chi connectivity index (χ2v) is 10.0. The Morgan fingerprint density at radius 3 is 2.22 bits per heavy atom. The van der Waals surface area contributed by atoms with Crippen molar-refractivity contribution < 1.29 is 13.2 Å². The first-order valence-electron chi connectivity index (χ1n) is 10.4. The van der Waals surface area contributed by atoms with Gasteiger partial charge in [-0.05, 0) is 43.9 Å². The summed E-state index contributed by atoms with van der Waals surface area (Å²) in [6.07, 6.45) is 11.9. The highest BCUT2D eigenvalue weighted by atomic mass is 32.2. The van der Waals surface area contributed by atoms with Crippen molar-refractivity contribution in [1.82, 2.24) is 9.62 Å². The first kappa shape index (κ1) is 20.3. The van der Waals surface area contributed by atoms with Crippen LogP contribution in [0.2, 0.25) is 0 Å². The third-order valence-corrected chi connectivity index (χ3v) is 7.96. The van der Waals surface area contributed by atoms with Crippen LogP contribution in [0.1, 0.15) is 81.0 Å². The highest BCUT2D eigenvalue weighted by Crippen LogP contribution is 2.27. The van der Waals surface area contributed by atoms with Crippen LogP contribution < -0.4 is 5.32 Å². The zero-order chi connectivity index (χ0) is 19.3. The van der Waals surface area contributed by atoms with Gasteiger partial charge in [-0.3, -0.25) is 4.79 Å². The normalized spacial score (nSPS) is 20.4. The molecule has 0 aromatic heterocycles. The van der Waals surface area contributed by atoms with E-state index >= 15 is 0 Å². The minimum atomic E-state index is -3.58. The lowest BCUT2D eigenvalue weighted by atomic mass is 9.96. The molecule has 0 atom stereocenters. The van der Waals surface area contributed by atoms with Gasteiger partial charge in [0.05, 0.1) is 4.90 Å². The van der Waals surface area contributed by atoms with Crippen molar-refractivity contribution in [3.63, 3.8) is 0 Å². The van der Waals surface area contributed by atoms with E-state index in [-0.39, 0.29) is 22.9 Å². The lowest BCUT2D eigenvalue weighted by molar-refractivity contribution is 0.0933. The van der Waals surface area contributed by atoms with Crippen LogP contribution in [0.5, 0.6) is 0 Å². The molecule has 0 radical (unpaired) electrons. The highest BCUT2D eigenvalue weighted by molar-refractivity contribution is 7.89. The average Bonchev–Trinajstić information content (AvgIpc) is 2.96. The van der Waals surface area contributed by atoms with E-state index in [4.69, 9.17) is 0 Å². The first-order valence-corrected chi connectivity index (χ1v) is 11.8. The molecule has 2 aliphatic carbocycles. The maximum absolute atomic E-state index is 13.0. The summed E-state index contributed by atoms with van der Waals surface area (Å²) < 4.78 is 27.6. The average molecular weight is 393 g/mol. The Labute approximate surface area is 163 Å². The molecule has 3 rings (SSSR count). The Bertz CT molecular complexity index is 734. The summed E-state index contributed by atoms with van der Waals surface area (Å²) >= 11 is 0. The van der Waals surface area contributed by atoms with E-state index in [1.54, 1.807) is 25.2 Å². The van der Waals surface area contributed by atoms with E-state index in [0.29, 0.717) is 5.56 Å². The molecule has 0 heterocycles. The molecule has 2 fully saturated rings. The fourth-order valence-electron chi connectivity index (χ4n) is 4.30. The number of rotatable bonds is 5. The molecular weight excluding hydrogens is 360 g/mol. The fraction of sp³-hybridized carbons (Fsp3) is 0.667. The van der Waals surface area contributed by atoms with Crippen LogP contribution in [0.4, 0.5) is 0 Å². The monoisotopic (exact) mass is 392 g/mol. The molecule has 150 valence electrons. The van der Waals surface area contributed by atoms with Crippen LogP contribution in [-0.4, -0.2) is 37.8 Å². The maximum atomic E-state index is 13.0. The number of amides is 1. The number of nitrogens with zero attached hydrogens (tertiary/aromatic N) is 1. The Morgan fingerprint density at radius 1 is 0.963 bits per heavy atom. The summed E-state index contributed by atoms with van der Waals surface area (Å²) in [4.78, 5) is 12.9. The lowest BCUT2D eigenvalue weighted by Crippen LogP contribution is -2.38. The molecule has 1 aromatic carbocycles. The van der Waals surface area contributed by atoms with Gasteiger partial charge in [0.2, 0.25) is 10.0 Å². The van der Waals surface area contributed by atoms with E-state index in [1.807, 2.05) is 0 Å². The summed E-state index contributed by atoms with van der Waals surface area (Å²) in [6.45, 7) is 0. The number of benzene rings is 1. The summed E-state index contributed by atoms with van der Waals surface area (Å²) in [7, 11) is -1.91. The van der Waals surface area contributed by atoms with Gasteiger partial charge < -0.3 is 5.32 Å². The lowest BCUT2D eigenvalue weighted by Gasteiger charge is -2.30. The molecule has 1 aromatic rings. The summed E-state index contributed by atoms with van der Waals surface area (Å²) in [5.41, 5.74) is 0.428. The van der Waals surface area contributed by atoms with Gasteiger partial charge in [0.1, 0.15) is 0 Å². The topological polar surface area (TPSA) is 66.5 Å². The molecule has 0 unspecified atom stereocenters. The number of carbonyl (C=O) groups excluding carboxylic acids is 1. The number of sulfonamides is 1. The van der Waals surface area contributed by atoms with Crippen LogP contribution in [0.25, 0.3) is 0 Å². The van der Waals surface area contributed by atoms with Crippen LogP contribution in [0, 0.1) is 0 Å². The maximum Gasteiger partial charge on any atom is 0.251 e. The molecule has 5 nitrogen and oxygen atoms in total. The van der Waals surface area contributed by atoms with Gasteiger partial charge in [0, 0.05) is 24.7 Å². The van der Waals surface area contributed by atoms with Gasteiger partial charge in [-0.2, -0.15) is 4.31 Å². The third-order valence-electron chi connectivity index (χ3n) is 6.05. The Balaban J connectivity index is 1.72. The predicted molar refractivity (Wildman–Crippen MR) is 107 cm³/mol. The second kappa shape index (κ2) is 9.20. The van der Waals surface area contributed by atoms with E-state index < -0.39 is 10.0 Å². The van der Waals surface area contributed by atoms with Gasteiger partial charge in [-0.1, -0.05) is 51.0 Å². The van der Waals surface area contributed by atoms with E-state index in [1.165, 1.54) is 29.6 Å². The molecule has 0 spiro atoms. The van der Waals surface area contributed by atoms with Crippen LogP contribution >= 0.6 is 0 Å². The van der Waals surface area contributed by atoms with Crippen molar-refractivity contribution in [2.45, 2.75) is 87.6 Å². The Hall–Kier alpha value is -1.40. The van der Waals surface area contributed by atoms with Gasteiger partial charge in [-0.15, -0.1) is 0 Å². The van der Waals surface area contributed by atoms with Crippen molar-refractivity contribution in [3.05, 3.63) is 29.8 Å². The Morgan fingerprint density at radius 2 is 1.56 bits per heavy atom. The quantitative estimate of drug-likeness (QED) is 0.768. The molecule has 2 saturated carbocycles. The number of nitrogens with one attached hydrogen (secondary N) is 1. The fourth-order valence-corrected chi connectivity index (χ4v) is 5.76. The van der Waals surface area contributed by atoms with Gasteiger partial charge in [0.15, 0.2) is 0 Å². The van der Waals surface area contributed by atoms with Gasteiger partial charge >= 0.3 is 0 Å². The minimum absolute atomic E-state index is 0.0622. The van der Waals surface area contributed by atoms with E-state index in [2.05, 4.69) is 5.32 Å². The number of carbonyl (C=O) groups is 1. The second-order valence-electron chi connectivity index (χ2n) is 8.00. The van der Waals surface area contributed by atoms with Crippen LogP contribution in [-0.2, 0) is 10.0 Å². The largest absolute Gasteiger partial charge is 0.349 e. The molecular formula is C21H32N2O3S. The molecule has 2 aliphatic rings. The standard InChI is InChI=1S/C21H32N2O3S/c1-23(19-13-7-4-8-14-19)27(25,26)20-15-9-10-17(16-20)21(24)22-18-11-5-2-3-6-12-18/h9-10,15-16,18-19H,2-8,11-14H2,1H3,(H,22,24). The van der Waals surface area contributed by atoms with E-state index in [0.717, 1.165) is 51.4 Å². The molecule has 27 heavy (non-hydrogen) atoms. The van der Waals surface area contributed by atoms with Crippen LogP contribution in [0.3, 0.4) is 0 Å². The number of hydrogen-bond acceptors (Lipinski definition) is 3. The van der Waals surface area contributed by atoms with Crippen molar-refractivity contribution in [3.8, 4) is 0 Å². The molecule has 1 N–H and O–H groups in total. The SMILES string of the molecule is CN(C1CCCCC1)S(=O)(=O)c1cccc(C(=O)NC2CCCCCC2)c1. The van der Waals surface area contributed by atoms with Gasteiger partial charge in [0.25, 0.3) is 5.91 Å². The smallest absolute Gasteiger partial charge is 0.251 e. The predicted octanol–water partition coefficient (Wildman–Crippen LogP) is 4.09. The van der Waals surface area contributed by atoms with Crippen molar-refractivity contribution >= 4 is 15.9 Å². The highest BCUT2D eigenvalue weighted by Gasteiger charge is 2.29. The zero-order valence-electron chi connectivity index (χ0n) is 16.3. The zero-order valence-corrected chi connectivity index (χ0v) is 17.1. The minimum Gasteiger partial charge on any atom is -0.349 e. The van der Waals surface area contributed by atoms with Gasteiger partial charge in [-0.25, -0.2) is 8.42 Å². The van der Waals surface area contributed by atoms with E-state index in [9.17, 15) is 13.2 Å². The molecule has 1 amide bonds. The summed E-state index contributed by atoms with van der Waals surface area (Å²) in [6, 6.07) is 6.75. The molecule has 6 heteroatoms. The number of hydrogen-bond donors (Lipinski definition) is 1. The third kappa shape index (κ3) is 5.11. The summed E-state index contributed by atoms with van der Waals surface area (Å²) in [5.74, 6) is -0.167. The molecule has 0 saturated heterocycles. The Kier molecular flexibility index (Phi) is 6.93. The van der Waals surface area contributed by atoms with Crippen molar-refractivity contribution in [1.29, 1.82) is 0 Å². The first-order chi connectivity index (χ1) is 13.0.